The highest BCUT2D eigenvalue weighted by molar-refractivity contribution is 9.09. The molecule has 0 bridgehead atoms. The minimum Gasteiger partial charge on any atom is -0.237 e. The van der Waals surface area contributed by atoms with Crippen LogP contribution in [-0.2, 0) is 0 Å². The smallest absolute Gasteiger partial charge is 0.158 e. The number of alkyl halides is 2. The SMILES string of the molecule is N#CC1C=CC=CC1(F)CBr. The van der Waals surface area contributed by atoms with Crippen molar-refractivity contribution < 1.29 is 4.39 Å². The Balaban J connectivity index is 2.88. The van der Waals surface area contributed by atoms with Crippen molar-refractivity contribution in [3.63, 3.8) is 0 Å². The van der Waals surface area contributed by atoms with Crippen LogP contribution in [0.1, 0.15) is 0 Å². The van der Waals surface area contributed by atoms with Gasteiger partial charge in [-0.05, 0) is 6.08 Å². The molecule has 0 spiro atoms. The Kier molecular flexibility index (Phi) is 2.45. The van der Waals surface area contributed by atoms with Crippen LogP contribution in [-0.4, -0.2) is 11.0 Å². The first kappa shape index (κ1) is 8.48. The van der Waals surface area contributed by atoms with Crippen molar-refractivity contribution in [2.75, 3.05) is 5.33 Å². The molecule has 58 valence electrons. The van der Waals surface area contributed by atoms with Gasteiger partial charge >= 0.3 is 0 Å². The second-order valence-corrected chi connectivity index (χ2v) is 2.97. The lowest BCUT2D eigenvalue weighted by molar-refractivity contribution is 0.228. The molecule has 1 aliphatic carbocycles. The average Bonchev–Trinajstić information content (AvgIpc) is 2.05. The molecule has 1 aliphatic rings. The highest BCUT2D eigenvalue weighted by Crippen LogP contribution is 2.29. The molecule has 1 rings (SSSR count). The van der Waals surface area contributed by atoms with Gasteiger partial charge in [-0.3, -0.25) is 0 Å². The molecule has 1 nitrogen and oxygen atoms in total. The van der Waals surface area contributed by atoms with E-state index in [2.05, 4.69) is 15.9 Å². The number of hydrogen-bond acceptors (Lipinski definition) is 1. The van der Waals surface area contributed by atoms with Crippen LogP contribution in [0.25, 0.3) is 0 Å². The van der Waals surface area contributed by atoms with Gasteiger partial charge in [0.2, 0.25) is 0 Å². The molecule has 0 amide bonds. The minimum atomic E-state index is -1.52. The zero-order chi connectivity index (χ0) is 8.32. The van der Waals surface area contributed by atoms with E-state index in [0.29, 0.717) is 0 Å². The lowest BCUT2D eigenvalue weighted by atomic mass is 9.88. The van der Waals surface area contributed by atoms with Gasteiger partial charge in [-0.2, -0.15) is 5.26 Å². The van der Waals surface area contributed by atoms with E-state index in [4.69, 9.17) is 5.26 Å². The fraction of sp³-hybridized carbons (Fsp3) is 0.375. The second kappa shape index (κ2) is 3.19. The van der Waals surface area contributed by atoms with Crippen LogP contribution < -0.4 is 0 Å². The summed E-state index contributed by atoms with van der Waals surface area (Å²) in [6.45, 7) is 0. The zero-order valence-electron chi connectivity index (χ0n) is 5.80. The van der Waals surface area contributed by atoms with E-state index in [9.17, 15) is 4.39 Å². The predicted molar refractivity (Wildman–Crippen MR) is 45.0 cm³/mol. The summed E-state index contributed by atoms with van der Waals surface area (Å²) in [6.07, 6.45) is 6.29. The number of hydrogen-bond donors (Lipinski definition) is 0. The lowest BCUT2D eigenvalue weighted by Gasteiger charge is -2.23. The van der Waals surface area contributed by atoms with Gasteiger partial charge in [-0.15, -0.1) is 0 Å². The number of nitrogens with zero attached hydrogens (tertiary/aromatic N) is 1. The van der Waals surface area contributed by atoms with E-state index in [1.165, 1.54) is 6.08 Å². The first-order chi connectivity index (χ1) is 5.23. The van der Waals surface area contributed by atoms with Crippen LogP contribution in [0.2, 0.25) is 0 Å². The number of rotatable bonds is 1. The second-order valence-electron chi connectivity index (χ2n) is 2.41. The van der Waals surface area contributed by atoms with E-state index < -0.39 is 11.6 Å². The highest BCUT2D eigenvalue weighted by atomic mass is 79.9. The third kappa shape index (κ3) is 1.51. The van der Waals surface area contributed by atoms with E-state index in [1.807, 2.05) is 6.07 Å². The lowest BCUT2D eigenvalue weighted by Crippen LogP contribution is -2.31. The first-order valence-corrected chi connectivity index (χ1v) is 4.35. The van der Waals surface area contributed by atoms with Crippen molar-refractivity contribution >= 4 is 15.9 Å². The summed E-state index contributed by atoms with van der Waals surface area (Å²) in [5, 5.41) is 8.73. The van der Waals surface area contributed by atoms with E-state index in [-0.39, 0.29) is 5.33 Å². The Morgan fingerprint density at radius 1 is 1.64 bits per heavy atom. The Labute approximate surface area is 73.3 Å². The molecule has 0 aromatic rings. The summed E-state index contributed by atoms with van der Waals surface area (Å²) in [4.78, 5) is 0. The maximum absolute atomic E-state index is 13.6. The molecule has 0 aromatic heterocycles. The molecule has 0 heterocycles. The maximum Gasteiger partial charge on any atom is 0.158 e. The molecule has 2 atom stereocenters. The van der Waals surface area contributed by atoms with Gasteiger partial charge in [0.1, 0.15) is 5.92 Å². The molecule has 0 fully saturated rings. The Morgan fingerprint density at radius 2 is 2.36 bits per heavy atom. The van der Waals surface area contributed by atoms with Crippen LogP contribution in [0.4, 0.5) is 4.39 Å². The molecule has 0 aromatic carbocycles. The van der Waals surface area contributed by atoms with Gasteiger partial charge < -0.3 is 0 Å². The minimum absolute atomic E-state index is 0.166. The third-order valence-corrected chi connectivity index (χ3v) is 2.51. The Hall–Kier alpha value is -0.620. The van der Waals surface area contributed by atoms with Crippen molar-refractivity contribution in [1.82, 2.24) is 0 Å². The summed E-state index contributed by atoms with van der Waals surface area (Å²) in [5.74, 6) is -0.660. The highest BCUT2D eigenvalue weighted by Gasteiger charge is 2.35. The molecule has 0 saturated heterocycles. The van der Waals surface area contributed by atoms with Gasteiger partial charge in [0.15, 0.2) is 5.67 Å². The number of nitriles is 1. The van der Waals surface area contributed by atoms with Crippen LogP contribution in [0.5, 0.6) is 0 Å². The van der Waals surface area contributed by atoms with Gasteiger partial charge in [0.05, 0.1) is 6.07 Å². The normalized spacial score (nSPS) is 35.2. The van der Waals surface area contributed by atoms with Crippen LogP contribution in [0, 0.1) is 17.2 Å². The van der Waals surface area contributed by atoms with Crippen LogP contribution >= 0.6 is 15.9 Å². The number of allylic oxidation sites excluding steroid dienone is 4. The van der Waals surface area contributed by atoms with Gasteiger partial charge in [-0.25, -0.2) is 4.39 Å². The van der Waals surface area contributed by atoms with Gasteiger partial charge in [0.25, 0.3) is 0 Å². The van der Waals surface area contributed by atoms with Crippen molar-refractivity contribution in [1.29, 1.82) is 5.26 Å². The zero-order valence-corrected chi connectivity index (χ0v) is 7.38. The van der Waals surface area contributed by atoms with Crippen molar-refractivity contribution in [3.05, 3.63) is 24.3 Å². The fourth-order valence-electron chi connectivity index (χ4n) is 0.932. The van der Waals surface area contributed by atoms with Crippen LogP contribution in [0.15, 0.2) is 24.3 Å². The molecule has 0 aliphatic heterocycles. The van der Waals surface area contributed by atoms with Crippen molar-refractivity contribution in [2.45, 2.75) is 5.67 Å². The maximum atomic E-state index is 13.6. The summed E-state index contributed by atoms with van der Waals surface area (Å²) < 4.78 is 13.6. The topological polar surface area (TPSA) is 23.8 Å². The molecular weight excluding hydrogens is 209 g/mol. The molecular formula is C8H7BrFN. The van der Waals surface area contributed by atoms with E-state index in [1.54, 1.807) is 18.2 Å². The van der Waals surface area contributed by atoms with Gasteiger partial charge in [0, 0.05) is 5.33 Å². The molecule has 2 unspecified atom stereocenters. The standard InChI is InChI=1S/C8H7BrFN/c9-6-8(10)4-2-1-3-7(8)5-11/h1-4,7H,6H2. The molecule has 3 heteroatoms. The molecule has 0 radical (unpaired) electrons. The first-order valence-electron chi connectivity index (χ1n) is 3.23. The van der Waals surface area contributed by atoms with Crippen molar-refractivity contribution in [3.8, 4) is 6.07 Å². The van der Waals surface area contributed by atoms with E-state index >= 15 is 0 Å². The summed E-state index contributed by atoms with van der Waals surface area (Å²) in [7, 11) is 0. The quantitative estimate of drug-likeness (QED) is 0.617. The molecule has 11 heavy (non-hydrogen) atoms. The van der Waals surface area contributed by atoms with Crippen LogP contribution in [0.3, 0.4) is 0 Å². The van der Waals surface area contributed by atoms with Gasteiger partial charge in [-0.1, -0.05) is 34.2 Å². The van der Waals surface area contributed by atoms with Crippen molar-refractivity contribution in [2.24, 2.45) is 5.92 Å². The fourth-order valence-corrected chi connectivity index (χ4v) is 1.47. The predicted octanol–water partition coefficient (Wildman–Crippen LogP) is 2.36. The Bertz CT molecular complexity index is 241. The third-order valence-electron chi connectivity index (χ3n) is 1.65. The largest absolute Gasteiger partial charge is 0.237 e. The molecule has 0 saturated carbocycles. The number of halogens is 2. The average molecular weight is 216 g/mol. The Morgan fingerprint density at radius 3 is 2.82 bits per heavy atom. The summed E-state index contributed by atoms with van der Waals surface area (Å²) >= 11 is 3.04. The summed E-state index contributed by atoms with van der Waals surface area (Å²) in [5.41, 5.74) is -1.52. The summed E-state index contributed by atoms with van der Waals surface area (Å²) in [6, 6.07) is 1.90. The van der Waals surface area contributed by atoms with E-state index in [0.717, 1.165) is 0 Å². The monoisotopic (exact) mass is 215 g/mol. The molecule has 0 N–H and O–H groups in total.